The van der Waals surface area contributed by atoms with Crippen LogP contribution in [0.1, 0.15) is 48.7 Å². The van der Waals surface area contributed by atoms with Crippen molar-refractivity contribution in [3.05, 3.63) is 23.4 Å². The maximum Gasteiger partial charge on any atom is 0.335 e. The molecule has 2 rings (SSSR count). The molecule has 1 aliphatic rings. The van der Waals surface area contributed by atoms with Crippen LogP contribution in [0.4, 0.5) is 5.82 Å². The summed E-state index contributed by atoms with van der Waals surface area (Å²) in [6, 6.07) is 3.15. The average Bonchev–Trinajstić information content (AvgIpc) is 2.46. The highest BCUT2D eigenvalue weighted by molar-refractivity contribution is 5.88. The van der Waals surface area contributed by atoms with Gasteiger partial charge in [0.15, 0.2) is 0 Å². The topological polar surface area (TPSA) is 82.5 Å². The van der Waals surface area contributed by atoms with E-state index in [0.29, 0.717) is 18.8 Å². The molecule has 1 aromatic rings. The lowest BCUT2D eigenvalue weighted by atomic mass is 9.86. The summed E-state index contributed by atoms with van der Waals surface area (Å²) >= 11 is 0. The number of hydrogen-bond donors (Lipinski definition) is 3. The highest BCUT2D eigenvalue weighted by Gasteiger charge is 2.22. The Kier molecular flexibility index (Phi) is 4.95. The predicted octanol–water partition coefficient (Wildman–Crippen LogP) is 2.31. The van der Waals surface area contributed by atoms with Gasteiger partial charge in [0, 0.05) is 18.2 Å². The summed E-state index contributed by atoms with van der Waals surface area (Å²) in [6.07, 6.45) is 4.53. The number of hydrogen-bond acceptors (Lipinski definition) is 4. The Morgan fingerprint density at radius 3 is 2.80 bits per heavy atom. The summed E-state index contributed by atoms with van der Waals surface area (Å²) in [6.45, 7) is 2.59. The number of carboxylic acids is 1. The SMILES string of the molecule is CCc1cc(C(=O)O)cc(NCC2CCCCC2O)n1. The quantitative estimate of drug-likeness (QED) is 0.770. The van der Waals surface area contributed by atoms with E-state index in [1.165, 1.54) is 0 Å². The van der Waals surface area contributed by atoms with Crippen LogP contribution >= 0.6 is 0 Å². The first-order chi connectivity index (χ1) is 9.60. The van der Waals surface area contributed by atoms with Crippen molar-refractivity contribution in [3.8, 4) is 0 Å². The van der Waals surface area contributed by atoms with Gasteiger partial charge in [-0.3, -0.25) is 0 Å². The molecule has 0 bridgehead atoms. The lowest BCUT2D eigenvalue weighted by Crippen LogP contribution is -2.30. The molecule has 0 aromatic carbocycles. The zero-order valence-electron chi connectivity index (χ0n) is 11.8. The van der Waals surface area contributed by atoms with Gasteiger partial charge in [0.2, 0.25) is 0 Å². The standard InChI is InChI=1S/C15H22N2O3/c1-2-12-7-11(15(19)20)8-14(17-12)16-9-10-5-3-4-6-13(10)18/h7-8,10,13,18H,2-6,9H2,1H3,(H,16,17)(H,19,20). The minimum Gasteiger partial charge on any atom is -0.478 e. The van der Waals surface area contributed by atoms with Gasteiger partial charge < -0.3 is 15.5 Å². The van der Waals surface area contributed by atoms with E-state index < -0.39 is 5.97 Å². The first-order valence-electron chi connectivity index (χ1n) is 7.26. The Balaban J connectivity index is 2.04. The molecule has 0 amide bonds. The highest BCUT2D eigenvalue weighted by Crippen LogP contribution is 2.24. The molecule has 0 saturated heterocycles. The minimum absolute atomic E-state index is 0.226. The molecule has 2 atom stereocenters. The zero-order chi connectivity index (χ0) is 14.5. The molecule has 3 N–H and O–H groups in total. The minimum atomic E-state index is -0.942. The summed E-state index contributed by atoms with van der Waals surface area (Å²) in [4.78, 5) is 15.5. The summed E-state index contributed by atoms with van der Waals surface area (Å²) < 4.78 is 0. The van der Waals surface area contributed by atoms with Crippen LogP contribution in [0.3, 0.4) is 0 Å². The Hall–Kier alpha value is -1.62. The van der Waals surface area contributed by atoms with E-state index in [2.05, 4.69) is 10.3 Å². The van der Waals surface area contributed by atoms with Crippen molar-refractivity contribution in [2.45, 2.75) is 45.1 Å². The molecule has 1 fully saturated rings. The van der Waals surface area contributed by atoms with Crippen molar-refractivity contribution in [2.75, 3.05) is 11.9 Å². The predicted molar refractivity (Wildman–Crippen MR) is 77.0 cm³/mol. The van der Waals surface area contributed by atoms with Gasteiger partial charge in [-0.15, -0.1) is 0 Å². The molecule has 2 unspecified atom stereocenters. The number of aromatic nitrogens is 1. The molecule has 5 nitrogen and oxygen atoms in total. The Morgan fingerprint density at radius 1 is 1.40 bits per heavy atom. The van der Waals surface area contributed by atoms with Crippen molar-refractivity contribution >= 4 is 11.8 Å². The first-order valence-corrected chi connectivity index (χ1v) is 7.26. The number of nitrogens with zero attached hydrogens (tertiary/aromatic N) is 1. The Labute approximate surface area is 119 Å². The van der Waals surface area contributed by atoms with Crippen molar-refractivity contribution in [1.82, 2.24) is 4.98 Å². The number of aryl methyl sites for hydroxylation is 1. The second-order valence-corrected chi connectivity index (χ2v) is 5.38. The molecule has 20 heavy (non-hydrogen) atoms. The number of nitrogens with one attached hydrogen (secondary N) is 1. The van der Waals surface area contributed by atoms with Crippen molar-refractivity contribution < 1.29 is 15.0 Å². The van der Waals surface area contributed by atoms with Crippen molar-refractivity contribution in [2.24, 2.45) is 5.92 Å². The fraction of sp³-hybridized carbons (Fsp3) is 0.600. The number of pyridine rings is 1. The molecule has 0 spiro atoms. The first kappa shape index (κ1) is 14.8. The van der Waals surface area contributed by atoms with Gasteiger partial charge in [0.05, 0.1) is 11.7 Å². The molecule has 110 valence electrons. The van der Waals surface area contributed by atoms with Crippen LogP contribution in [0.25, 0.3) is 0 Å². The normalized spacial score (nSPS) is 22.5. The molecule has 0 aliphatic heterocycles. The largest absolute Gasteiger partial charge is 0.478 e. The van der Waals surface area contributed by atoms with Gasteiger partial charge in [-0.1, -0.05) is 19.8 Å². The molecular weight excluding hydrogens is 256 g/mol. The Bertz CT molecular complexity index is 476. The average molecular weight is 278 g/mol. The summed E-state index contributed by atoms with van der Waals surface area (Å²) in [7, 11) is 0. The van der Waals surface area contributed by atoms with E-state index in [9.17, 15) is 9.90 Å². The lowest BCUT2D eigenvalue weighted by molar-refractivity contribution is 0.0696. The molecule has 1 heterocycles. The summed E-state index contributed by atoms with van der Waals surface area (Å²) in [5.74, 6) is -0.133. The fourth-order valence-corrected chi connectivity index (χ4v) is 2.64. The lowest BCUT2D eigenvalue weighted by Gasteiger charge is -2.27. The van der Waals surface area contributed by atoms with E-state index in [1.807, 2.05) is 6.92 Å². The smallest absolute Gasteiger partial charge is 0.335 e. The number of carboxylic acid groups (broad SMARTS) is 1. The van der Waals surface area contributed by atoms with Crippen LogP contribution in [0.2, 0.25) is 0 Å². The number of aliphatic hydroxyl groups excluding tert-OH is 1. The van der Waals surface area contributed by atoms with Crippen LogP contribution in [-0.4, -0.2) is 33.8 Å². The van der Waals surface area contributed by atoms with E-state index in [4.69, 9.17) is 5.11 Å². The van der Waals surface area contributed by atoms with Crippen LogP contribution in [0.15, 0.2) is 12.1 Å². The number of anilines is 1. The van der Waals surface area contributed by atoms with E-state index in [-0.39, 0.29) is 17.6 Å². The van der Waals surface area contributed by atoms with Gasteiger partial charge in [-0.05, 0) is 31.4 Å². The van der Waals surface area contributed by atoms with Crippen molar-refractivity contribution in [1.29, 1.82) is 0 Å². The molecule has 1 aliphatic carbocycles. The van der Waals surface area contributed by atoms with Gasteiger partial charge in [0.25, 0.3) is 0 Å². The third-order valence-electron chi connectivity index (χ3n) is 3.90. The maximum absolute atomic E-state index is 11.1. The molecule has 5 heteroatoms. The second kappa shape index (κ2) is 6.70. The van der Waals surface area contributed by atoms with E-state index in [0.717, 1.165) is 31.4 Å². The fourth-order valence-electron chi connectivity index (χ4n) is 2.64. The molecule has 0 radical (unpaired) electrons. The third-order valence-corrected chi connectivity index (χ3v) is 3.90. The number of aromatic carboxylic acids is 1. The van der Waals surface area contributed by atoms with Gasteiger partial charge in [0.1, 0.15) is 5.82 Å². The summed E-state index contributed by atoms with van der Waals surface area (Å²) in [5.41, 5.74) is 1.01. The van der Waals surface area contributed by atoms with Crippen LogP contribution < -0.4 is 5.32 Å². The highest BCUT2D eigenvalue weighted by atomic mass is 16.4. The number of aliphatic hydroxyl groups is 1. The van der Waals surface area contributed by atoms with Gasteiger partial charge in [-0.25, -0.2) is 9.78 Å². The second-order valence-electron chi connectivity index (χ2n) is 5.38. The van der Waals surface area contributed by atoms with Gasteiger partial charge >= 0.3 is 5.97 Å². The molecular formula is C15H22N2O3. The van der Waals surface area contributed by atoms with E-state index >= 15 is 0 Å². The van der Waals surface area contributed by atoms with Crippen molar-refractivity contribution in [3.63, 3.8) is 0 Å². The van der Waals surface area contributed by atoms with Crippen LogP contribution in [-0.2, 0) is 6.42 Å². The monoisotopic (exact) mass is 278 g/mol. The Morgan fingerprint density at radius 2 is 2.15 bits per heavy atom. The molecule has 1 saturated carbocycles. The molecule has 1 aromatic heterocycles. The summed E-state index contributed by atoms with van der Waals surface area (Å²) in [5, 5.41) is 22.2. The van der Waals surface area contributed by atoms with E-state index in [1.54, 1.807) is 12.1 Å². The zero-order valence-corrected chi connectivity index (χ0v) is 11.8. The van der Waals surface area contributed by atoms with Crippen LogP contribution in [0.5, 0.6) is 0 Å². The third kappa shape index (κ3) is 3.70. The maximum atomic E-state index is 11.1. The van der Waals surface area contributed by atoms with Crippen LogP contribution in [0, 0.1) is 5.92 Å². The number of rotatable bonds is 5. The number of carbonyl (C=O) groups is 1. The van der Waals surface area contributed by atoms with Gasteiger partial charge in [-0.2, -0.15) is 0 Å².